The Bertz CT molecular complexity index is 81.0. The molecule has 0 saturated carbocycles. The van der Waals surface area contributed by atoms with Crippen LogP contribution in [0.3, 0.4) is 0 Å². The van der Waals surface area contributed by atoms with Gasteiger partial charge in [0.05, 0.1) is 0 Å². The molecule has 0 amide bonds. The van der Waals surface area contributed by atoms with E-state index in [-0.39, 0.29) is 0 Å². The summed E-state index contributed by atoms with van der Waals surface area (Å²) in [6, 6.07) is 0. The van der Waals surface area contributed by atoms with Crippen LogP contribution in [-0.4, -0.2) is 25.1 Å². The average molecular weight is 145 g/mol. The summed E-state index contributed by atoms with van der Waals surface area (Å²) in [5.74, 6) is 1.19. The first kappa shape index (κ1) is 9.05. The van der Waals surface area contributed by atoms with Crippen molar-refractivity contribution in [3.63, 3.8) is 0 Å². The molecule has 0 aliphatic carbocycles. The van der Waals surface area contributed by atoms with E-state index in [1.165, 1.54) is 11.3 Å². The van der Waals surface area contributed by atoms with Crippen LogP contribution in [-0.2, 0) is 0 Å². The van der Waals surface area contributed by atoms with Gasteiger partial charge in [0.25, 0.3) is 0 Å². The zero-order valence-corrected chi connectivity index (χ0v) is 7.05. The first-order valence-electron chi connectivity index (χ1n) is 3.11. The van der Waals surface area contributed by atoms with E-state index < -0.39 is 0 Å². The Morgan fingerprint density at radius 3 is 2.78 bits per heavy atom. The minimum atomic E-state index is 0.959. The maximum absolute atomic E-state index is 3.78. The lowest BCUT2D eigenvalue weighted by Gasteiger charge is -2.00. The van der Waals surface area contributed by atoms with Crippen molar-refractivity contribution in [1.29, 1.82) is 0 Å². The highest BCUT2D eigenvalue weighted by Crippen LogP contribution is 1.87. The standard InChI is InChI=1S/C7H15NS/c1-7(2)6-8-4-5-9-3/h8H,1,4-6H2,2-3H3. The molecule has 0 spiro atoms. The van der Waals surface area contributed by atoms with E-state index in [1.807, 2.05) is 18.7 Å². The lowest BCUT2D eigenvalue weighted by molar-refractivity contribution is 0.784. The molecule has 0 saturated heterocycles. The maximum atomic E-state index is 3.78. The highest BCUT2D eigenvalue weighted by molar-refractivity contribution is 7.98. The maximum Gasteiger partial charge on any atom is 0.0159 e. The van der Waals surface area contributed by atoms with Crippen LogP contribution in [0, 0.1) is 0 Å². The lowest BCUT2D eigenvalue weighted by atomic mass is 10.3. The predicted molar refractivity (Wildman–Crippen MR) is 46.1 cm³/mol. The van der Waals surface area contributed by atoms with Gasteiger partial charge in [-0.2, -0.15) is 11.8 Å². The van der Waals surface area contributed by atoms with Crippen molar-refractivity contribution in [3.8, 4) is 0 Å². The van der Waals surface area contributed by atoms with Gasteiger partial charge in [-0.05, 0) is 13.2 Å². The van der Waals surface area contributed by atoms with Crippen LogP contribution in [0.2, 0.25) is 0 Å². The molecule has 0 radical (unpaired) electrons. The molecule has 0 fully saturated rings. The Labute approximate surface area is 61.9 Å². The molecular formula is C7H15NS. The second kappa shape index (κ2) is 6.17. The largest absolute Gasteiger partial charge is 0.312 e. The van der Waals surface area contributed by atoms with Gasteiger partial charge in [0.1, 0.15) is 0 Å². The molecule has 0 aromatic rings. The average Bonchev–Trinajstić information content (AvgIpc) is 1.80. The van der Waals surface area contributed by atoms with Gasteiger partial charge in [-0.1, -0.05) is 12.2 Å². The normalized spacial score (nSPS) is 9.56. The SMILES string of the molecule is C=C(C)CNCCSC. The molecule has 0 aliphatic rings. The van der Waals surface area contributed by atoms with E-state index >= 15 is 0 Å². The second-order valence-electron chi connectivity index (χ2n) is 2.13. The molecule has 0 bridgehead atoms. The number of hydrogen-bond acceptors (Lipinski definition) is 2. The summed E-state index contributed by atoms with van der Waals surface area (Å²) in [5, 5.41) is 3.27. The molecule has 1 nitrogen and oxygen atoms in total. The smallest absolute Gasteiger partial charge is 0.0159 e. The van der Waals surface area contributed by atoms with E-state index in [2.05, 4.69) is 18.2 Å². The third-order valence-electron chi connectivity index (χ3n) is 0.910. The van der Waals surface area contributed by atoms with Gasteiger partial charge >= 0.3 is 0 Å². The monoisotopic (exact) mass is 145 g/mol. The lowest BCUT2D eigenvalue weighted by Crippen LogP contribution is -2.18. The summed E-state index contributed by atoms with van der Waals surface area (Å²) in [6.07, 6.45) is 2.11. The Morgan fingerprint density at radius 2 is 2.33 bits per heavy atom. The fourth-order valence-electron chi connectivity index (χ4n) is 0.476. The van der Waals surface area contributed by atoms with E-state index in [4.69, 9.17) is 0 Å². The van der Waals surface area contributed by atoms with Gasteiger partial charge < -0.3 is 5.32 Å². The zero-order chi connectivity index (χ0) is 7.11. The van der Waals surface area contributed by atoms with Crippen LogP contribution in [0.25, 0.3) is 0 Å². The van der Waals surface area contributed by atoms with Crippen molar-refractivity contribution in [2.75, 3.05) is 25.1 Å². The second-order valence-corrected chi connectivity index (χ2v) is 3.11. The third-order valence-corrected chi connectivity index (χ3v) is 1.52. The highest BCUT2D eigenvalue weighted by atomic mass is 32.2. The van der Waals surface area contributed by atoms with Crippen LogP contribution in [0.4, 0.5) is 0 Å². The first-order chi connectivity index (χ1) is 4.27. The summed E-state index contributed by atoms with van der Waals surface area (Å²) in [5.41, 5.74) is 1.20. The number of thioether (sulfide) groups is 1. The summed E-state index contributed by atoms with van der Waals surface area (Å²) in [4.78, 5) is 0. The quantitative estimate of drug-likeness (QED) is 0.465. The van der Waals surface area contributed by atoms with E-state index in [9.17, 15) is 0 Å². The molecular weight excluding hydrogens is 130 g/mol. The number of nitrogens with one attached hydrogen (secondary N) is 1. The van der Waals surface area contributed by atoms with Crippen molar-refractivity contribution >= 4 is 11.8 Å². The number of rotatable bonds is 5. The minimum absolute atomic E-state index is 0.959. The topological polar surface area (TPSA) is 12.0 Å². The van der Waals surface area contributed by atoms with E-state index in [0.29, 0.717) is 0 Å². The predicted octanol–water partition coefficient (Wildman–Crippen LogP) is 1.52. The molecule has 0 heterocycles. The van der Waals surface area contributed by atoms with Gasteiger partial charge in [0, 0.05) is 18.8 Å². The molecule has 0 aromatic heterocycles. The summed E-state index contributed by atoms with van der Waals surface area (Å²) in [7, 11) is 0. The van der Waals surface area contributed by atoms with Crippen LogP contribution < -0.4 is 5.32 Å². The molecule has 0 unspecified atom stereocenters. The minimum Gasteiger partial charge on any atom is -0.312 e. The van der Waals surface area contributed by atoms with Crippen LogP contribution in [0.1, 0.15) is 6.92 Å². The highest BCUT2D eigenvalue weighted by Gasteiger charge is 1.84. The van der Waals surface area contributed by atoms with E-state index in [1.54, 1.807) is 0 Å². The molecule has 0 atom stereocenters. The summed E-state index contributed by atoms with van der Waals surface area (Å²) < 4.78 is 0. The molecule has 0 rings (SSSR count). The number of hydrogen-bond donors (Lipinski definition) is 1. The van der Waals surface area contributed by atoms with Gasteiger partial charge in [0.2, 0.25) is 0 Å². The van der Waals surface area contributed by atoms with Crippen LogP contribution in [0.5, 0.6) is 0 Å². The van der Waals surface area contributed by atoms with Gasteiger partial charge in [-0.15, -0.1) is 0 Å². The molecule has 0 aliphatic heterocycles. The van der Waals surface area contributed by atoms with E-state index in [0.717, 1.165) is 13.1 Å². The third kappa shape index (κ3) is 8.05. The molecule has 2 heteroatoms. The molecule has 0 aromatic carbocycles. The molecule has 1 N–H and O–H groups in total. The Kier molecular flexibility index (Phi) is 6.21. The van der Waals surface area contributed by atoms with Crippen molar-refractivity contribution in [1.82, 2.24) is 5.32 Å². The van der Waals surface area contributed by atoms with Crippen LogP contribution >= 0.6 is 11.8 Å². The fraction of sp³-hybridized carbons (Fsp3) is 0.714. The zero-order valence-electron chi connectivity index (χ0n) is 6.24. The fourth-order valence-corrected chi connectivity index (χ4v) is 0.824. The van der Waals surface area contributed by atoms with Crippen molar-refractivity contribution < 1.29 is 0 Å². The molecule has 9 heavy (non-hydrogen) atoms. The van der Waals surface area contributed by atoms with Crippen molar-refractivity contribution in [3.05, 3.63) is 12.2 Å². The Morgan fingerprint density at radius 1 is 1.67 bits per heavy atom. The van der Waals surface area contributed by atoms with Crippen molar-refractivity contribution in [2.45, 2.75) is 6.92 Å². The molecule has 54 valence electrons. The van der Waals surface area contributed by atoms with Crippen molar-refractivity contribution in [2.24, 2.45) is 0 Å². The van der Waals surface area contributed by atoms with Gasteiger partial charge in [0.15, 0.2) is 0 Å². The summed E-state index contributed by atoms with van der Waals surface area (Å²) in [6.45, 7) is 7.87. The Balaban J connectivity index is 2.83. The Hall–Kier alpha value is 0.0500. The van der Waals surface area contributed by atoms with Gasteiger partial charge in [-0.25, -0.2) is 0 Å². The van der Waals surface area contributed by atoms with Crippen LogP contribution in [0.15, 0.2) is 12.2 Å². The first-order valence-corrected chi connectivity index (χ1v) is 4.50. The summed E-state index contributed by atoms with van der Waals surface area (Å²) >= 11 is 1.86. The van der Waals surface area contributed by atoms with Gasteiger partial charge in [-0.3, -0.25) is 0 Å².